The Bertz CT molecular complexity index is 557. The molecule has 0 fully saturated rings. The third kappa shape index (κ3) is 11.5. The molecule has 2 N–H and O–H groups in total. The number of unbranched alkanes of at least 4 members (excludes halogenated alkanes) is 1. The molecular formula is C20H37IN4O. The Morgan fingerprint density at radius 2 is 1.92 bits per heavy atom. The molecule has 26 heavy (non-hydrogen) atoms. The van der Waals surface area contributed by atoms with Crippen LogP contribution < -0.4 is 16.2 Å². The van der Waals surface area contributed by atoms with Gasteiger partial charge in [0.05, 0.1) is 0 Å². The van der Waals surface area contributed by atoms with Gasteiger partial charge < -0.3 is 15.2 Å². The highest BCUT2D eigenvalue weighted by atomic mass is 127. The summed E-state index contributed by atoms with van der Waals surface area (Å²) in [4.78, 5) is 16.3. The number of hydrogen-bond acceptors (Lipinski definition) is 2. The topological polar surface area (TPSA) is 58.4 Å². The molecule has 0 saturated heterocycles. The molecule has 150 valence electrons. The number of guanidine groups is 1. The maximum absolute atomic E-state index is 11.6. The third-order valence-corrected chi connectivity index (χ3v) is 4.12. The number of nitrogens with one attached hydrogen (secondary N) is 2. The largest absolute Gasteiger partial charge is 0.357 e. The second-order valence-corrected chi connectivity index (χ2v) is 7.07. The number of aromatic nitrogens is 1. The van der Waals surface area contributed by atoms with Crippen LogP contribution in [0.15, 0.2) is 34.2 Å². The van der Waals surface area contributed by atoms with E-state index in [0.717, 1.165) is 44.4 Å². The average Bonchev–Trinajstić information content (AvgIpc) is 2.56. The van der Waals surface area contributed by atoms with Gasteiger partial charge in [-0.3, -0.25) is 9.79 Å². The van der Waals surface area contributed by atoms with Gasteiger partial charge in [-0.15, -0.1) is 24.0 Å². The SMILES string of the molecule is CCNC(=NCCCCn1ccccc1=O)NC(C)CCCC(C)C.I. The zero-order chi connectivity index (χ0) is 18.5. The summed E-state index contributed by atoms with van der Waals surface area (Å²) in [6, 6.07) is 5.71. The van der Waals surface area contributed by atoms with Gasteiger partial charge in [-0.25, -0.2) is 0 Å². The summed E-state index contributed by atoms with van der Waals surface area (Å²) >= 11 is 0. The van der Waals surface area contributed by atoms with E-state index in [4.69, 9.17) is 0 Å². The number of pyridine rings is 1. The molecule has 0 aromatic carbocycles. The molecule has 1 rings (SSSR count). The Labute approximate surface area is 176 Å². The first kappa shape index (κ1) is 24.9. The van der Waals surface area contributed by atoms with Gasteiger partial charge in [0, 0.05) is 37.9 Å². The van der Waals surface area contributed by atoms with E-state index < -0.39 is 0 Å². The van der Waals surface area contributed by atoms with Crippen molar-refractivity contribution in [3.63, 3.8) is 0 Å². The predicted molar refractivity (Wildman–Crippen MR) is 123 cm³/mol. The summed E-state index contributed by atoms with van der Waals surface area (Å²) < 4.78 is 1.75. The van der Waals surface area contributed by atoms with E-state index in [-0.39, 0.29) is 29.5 Å². The zero-order valence-corrected chi connectivity index (χ0v) is 19.2. The summed E-state index contributed by atoms with van der Waals surface area (Å²) in [5.74, 6) is 1.67. The fourth-order valence-electron chi connectivity index (χ4n) is 2.69. The second kappa shape index (κ2) is 15.1. The van der Waals surface area contributed by atoms with Crippen LogP contribution >= 0.6 is 24.0 Å². The molecule has 0 amide bonds. The van der Waals surface area contributed by atoms with Crippen LogP contribution in [0.25, 0.3) is 0 Å². The Morgan fingerprint density at radius 1 is 1.15 bits per heavy atom. The summed E-state index contributed by atoms with van der Waals surface area (Å²) in [5, 5.41) is 6.81. The van der Waals surface area contributed by atoms with Crippen molar-refractivity contribution < 1.29 is 0 Å². The van der Waals surface area contributed by atoms with Gasteiger partial charge in [-0.2, -0.15) is 0 Å². The number of aryl methyl sites for hydroxylation is 1. The van der Waals surface area contributed by atoms with Crippen LogP contribution in [0.4, 0.5) is 0 Å². The van der Waals surface area contributed by atoms with E-state index >= 15 is 0 Å². The number of nitrogens with zero attached hydrogens (tertiary/aromatic N) is 2. The first-order chi connectivity index (χ1) is 12.0. The lowest BCUT2D eigenvalue weighted by Crippen LogP contribution is -2.42. The first-order valence-corrected chi connectivity index (χ1v) is 9.73. The van der Waals surface area contributed by atoms with Crippen molar-refractivity contribution in [2.24, 2.45) is 10.9 Å². The summed E-state index contributed by atoms with van der Waals surface area (Å²) in [5.41, 5.74) is 0.0660. The average molecular weight is 476 g/mol. The highest BCUT2D eigenvalue weighted by Crippen LogP contribution is 2.08. The normalized spacial score (nSPS) is 12.6. The van der Waals surface area contributed by atoms with Crippen molar-refractivity contribution in [2.75, 3.05) is 13.1 Å². The van der Waals surface area contributed by atoms with Crippen LogP contribution in [-0.2, 0) is 6.54 Å². The highest BCUT2D eigenvalue weighted by Gasteiger charge is 2.05. The molecule has 1 unspecified atom stereocenters. The van der Waals surface area contributed by atoms with Gasteiger partial charge in [-0.1, -0.05) is 32.8 Å². The fraction of sp³-hybridized carbons (Fsp3) is 0.700. The molecule has 0 aliphatic carbocycles. The molecule has 1 aromatic rings. The first-order valence-electron chi connectivity index (χ1n) is 9.73. The van der Waals surface area contributed by atoms with Gasteiger partial charge >= 0.3 is 0 Å². The monoisotopic (exact) mass is 476 g/mol. The smallest absolute Gasteiger partial charge is 0.250 e. The maximum atomic E-state index is 11.6. The number of hydrogen-bond donors (Lipinski definition) is 2. The molecule has 0 spiro atoms. The van der Waals surface area contributed by atoms with Crippen molar-refractivity contribution in [1.29, 1.82) is 0 Å². The molecule has 0 aliphatic heterocycles. The molecule has 5 nitrogen and oxygen atoms in total. The minimum atomic E-state index is 0. The second-order valence-electron chi connectivity index (χ2n) is 7.07. The van der Waals surface area contributed by atoms with Crippen molar-refractivity contribution in [3.8, 4) is 0 Å². The molecule has 0 saturated carbocycles. The lowest BCUT2D eigenvalue weighted by molar-refractivity contribution is 0.491. The third-order valence-electron chi connectivity index (χ3n) is 4.12. The van der Waals surface area contributed by atoms with Crippen LogP contribution in [0.3, 0.4) is 0 Å². The van der Waals surface area contributed by atoms with Crippen molar-refractivity contribution >= 4 is 29.9 Å². The summed E-state index contributed by atoms with van der Waals surface area (Å²) in [6.07, 6.45) is 7.46. The van der Waals surface area contributed by atoms with Gasteiger partial charge in [0.1, 0.15) is 0 Å². The standard InChI is InChI=1S/C20H36N4O.HI/c1-5-21-20(23-18(4)12-10-11-17(2)3)22-14-7-9-16-24-15-8-6-13-19(24)25;/h6,8,13,15,17-18H,5,7,9-12,14,16H2,1-4H3,(H2,21,22,23);1H. The zero-order valence-electron chi connectivity index (χ0n) is 16.8. The molecular weight excluding hydrogens is 439 g/mol. The Balaban J connectivity index is 0.00000625. The summed E-state index contributed by atoms with van der Waals surface area (Å²) in [7, 11) is 0. The molecule has 6 heteroatoms. The minimum Gasteiger partial charge on any atom is -0.357 e. The van der Waals surface area contributed by atoms with E-state index in [1.54, 1.807) is 16.7 Å². The molecule has 0 radical (unpaired) electrons. The van der Waals surface area contributed by atoms with E-state index in [1.807, 2.05) is 12.3 Å². The van der Waals surface area contributed by atoms with Gasteiger partial charge in [0.25, 0.3) is 0 Å². The molecule has 1 aromatic heterocycles. The maximum Gasteiger partial charge on any atom is 0.250 e. The van der Waals surface area contributed by atoms with Crippen LogP contribution in [0.1, 0.15) is 59.8 Å². The van der Waals surface area contributed by atoms with Gasteiger partial charge in [-0.05, 0) is 45.1 Å². The number of halogens is 1. The number of aliphatic imine (C=N–C) groups is 1. The fourth-order valence-corrected chi connectivity index (χ4v) is 2.69. The van der Waals surface area contributed by atoms with E-state index in [0.29, 0.717) is 6.04 Å². The van der Waals surface area contributed by atoms with Crippen molar-refractivity contribution in [1.82, 2.24) is 15.2 Å². The van der Waals surface area contributed by atoms with Crippen LogP contribution in [0.5, 0.6) is 0 Å². The molecule has 0 aliphatic rings. The number of rotatable bonds is 11. The van der Waals surface area contributed by atoms with E-state index in [9.17, 15) is 4.79 Å². The Hall–Kier alpha value is -1.05. The Morgan fingerprint density at radius 3 is 2.58 bits per heavy atom. The van der Waals surface area contributed by atoms with Gasteiger partial charge in [0.2, 0.25) is 5.56 Å². The van der Waals surface area contributed by atoms with E-state index in [2.05, 4.69) is 43.3 Å². The van der Waals surface area contributed by atoms with Gasteiger partial charge in [0.15, 0.2) is 5.96 Å². The quantitative estimate of drug-likeness (QED) is 0.220. The lowest BCUT2D eigenvalue weighted by atomic mass is 10.0. The lowest BCUT2D eigenvalue weighted by Gasteiger charge is -2.18. The van der Waals surface area contributed by atoms with E-state index in [1.165, 1.54) is 19.3 Å². The van der Waals surface area contributed by atoms with Crippen molar-refractivity contribution in [3.05, 3.63) is 34.7 Å². The molecule has 0 bridgehead atoms. The molecule has 1 atom stereocenters. The van der Waals surface area contributed by atoms with Crippen LogP contribution in [0, 0.1) is 5.92 Å². The summed E-state index contributed by atoms with van der Waals surface area (Å²) in [6.45, 7) is 11.2. The Kier molecular flexibility index (Phi) is 14.4. The highest BCUT2D eigenvalue weighted by molar-refractivity contribution is 14.0. The van der Waals surface area contributed by atoms with Crippen molar-refractivity contribution in [2.45, 2.75) is 72.4 Å². The minimum absolute atomic E-state index is 0. The molecule has 1 heterocycles. The predicted octanol–water partition coefficient (Wildman–Crippen LogP) is 4.02. The van der Waals surface area contributed by atoms with Crippen LogP contribution in [0.2, 0.25) is 0 Å². The van der Waals surface area contributed by atoms with Crippen LogP contribution in [-0.4, -0.2) is 29.7 Å².